The van der Waals surface area contributed by atoms with E-state index in [-0.39, 0.29) is 11.3 Å². The maximum Gasteiger partial charge on any atom is 0.257 e. The first-order valence-electron chi connectivity index (χ1n) is 7.99. The molecule has 0 atom stereocenters. The van der Waals surface area contributed by atoms with E-state index in [9.17, 15) is 4.79 Å². The summed E-state index contributed by atoms with van der Waals surface area (Å²) in [5.41, 5.74) is 1.52. The van der Waals surface area contributed by atoms with Crippen LogP contribution in [0, 0.1) is 5.41 Å². The van der Waals surface area contributed by atoms with Crippen LogP contribution in [0.4, 0.5) is 0 Å². The summed E-state index contributed by atoms with van der Waals surface area (Å²) in [7, 11) is 0. The lowest BCUT2D eigenvalue weighted by Gasteiger charge is -2.54. The fourth-order valence-electron chi connectivity index (χ4n) is 2.99. The third-order valence-corrected chi connectivity index (χ3v) is 5.26. The largest absolute Gasteiger partial charge is 0.431 e. The van der Waals surface area contributed by atoms with Gasteiger partial charge in [-0.05, 0) is 26.0 Å². The first-order valence-corrected chi connectivity index (χ1v) is 8.97. The average molecular weight is 348 g/mol. The monoisotopic (exact) mass is 348 g/mol. The molecule has 2 aromatic rings. The number of ether oxygens (including phenoxy) is 2. The summed E-state index contributed by atoms with van der Waals surface area (Å²) in [5, 5.41) is 0.533. The molecule has 2 aliphatic rings. The van der Waals surface area contributed by atoms with Crippen molar-refractivity contribution >= 4 is 28.8 Å². The molecule has 1 amide bonds. The van der Waals surface area contributed by atoms with Crippen LogP contribution in [0.5, 0.6) is 0 Å². The number of carbonyl (C=O) groups excluding carboxylic acids is 1. The molecule has 0 unspecified atom stereocenters. The van der Waals surface area contributed by atoms with Gasteiger partial charge in [0.25, 0.3) is 5.22 Å². The number of hydrogen-bond acceptors (Lipinski definition) is 6. The lowest BCUT2D eigenvalue weighted by atomic mass is 9.80. The number of hydrogen-bond donors (Lipinski definition) is 0. The first-order chi connectivity index (χ1) is 11.4. The Labute approximate surface area is 144 Å². The molecule has 1 aromatic heterocycles. The number of aromatic nitrogens is 1. The molecule has 2 aliphatic heterocycles. The van der Waals surface area contributed by atoms with E-state index in [1.807, 2.05) is 43.0 Å². The number of amides is 1. The van der Waals surface area contributed by atoms with Gasteiger partial charge >= 0.3 is 0 Å². The number of benzene rings is 1. The first kappa shape index (κ1) is 15.9. The van der Waals surface area contributed by atoms with E-state index in [0.717, 1.165) is 11.1 Å². The van der Waals surface area contributed by atoms with Crippen molar-refractivity contribution in [1.29, 1.82) is 0 Å². The molecule has 4 rings (SSSR count). The topological polar surface area (TPSA) is 64.8 Å². The van der Waals surface area contributed by atoms with Crippen molar-refractivity contribution in [2.45, 2.75) is 24.9 Å². The predicted molar refractivity (Wildman–Crippen MR) is 89.7 cm³/mol. The highest BCUT2D eigenvalue weighted by atomic mass is 32.2. The maximum absolute atomic E-state index is 12.3. The highest BCUT2D eigenvalue weighted by molar-refractivity contribution is 7.99. The summed E-state index contributed by atoms with van der Waals surface area (Å²) >= 11 is 1.34. The van der Waals surface area contributed by atoms with Gasteiger partial charge in [0.15, 0.2) is 11.4 Å². The predicted octanol–water partition coefficient (Wildman–Crippen LogP) is 2.53. The van der Waals surface area contributed by atoms with E-state index < -0.39 is 5.79 Å². The second kappa shape index (κ2) is 5.75. The molecule has 0 saturated carbocycles. The van der Waals surface area contributed by atoms with E-state index in [2.05, 4.69) is 4.98 Å². The fourth-order valence-corrected chi connectivity index (χ4v) is 3.73. The number of oxazole rings is 1. The van der Waals surface area contributed by atoms with Gasteiger partial charge in [-0.2, -0.15) is 0 Å². The number of rotatable bonds is 3. The van der Waals surface area contributed by atoms with Crippen molar-refractivity contribution in [1.82, 2.24) is 9.88 Å². The number of likely N-dealkylation sites (tertiary alicyclic amines) is 1. The molecular weight excluding hydrogens is 328 g/mol. The minimum absolute atomic E-state index is 0.0343. The molecule has 1 aromatic carbocycles. The zero-order chi connectivity index (χ0) is 16.8. The highest BCUT2D eigenvalue weighted by Crippen LogP contribution is 2.38. The fraction of sp³-hybridized carbons (Fsp3) is 0.529. The van der Waals surface area contributed by atoms with Crippen LogP contribution in [0.15, 0.2) is 33.9 Å². The minimum Gasteiger partial charge on any atom is -0.431 e. The van der Waals surface area contributed by atoms with Gasteiger partial charge in [-0.25, -0.2) is 4.98 Å². The molecule has 3 heterocycles. The van der Waals surface area contributed by atoms with Crippen LogP contribution in [0.3, 0.4) is 0 Å². The number of fused-ring (bicyclic) bond motifs is 1. The zero-order valence-electron chi connectivity index (χ0n) is 13.8. The van der Waals surface area contributed by atoms with Crippen molar-refractivity contribution in [3.63, 3.8) is 0 Å². The summed E-state index contributed by atoms with van der Waals surface area (Å²) in [5.74, 6) is -0.0908. The van der Waals surface area contributed by atoms with E-state index in [0.29, 0.717) is 37.3 Å². The van der Waals surface area contributed by atoms with E-state index >= 15 is 0 Å². The second-order valence-electron chi connectivity index (χ2n) is 6.96. The van der Waals surface area contributed by atoms with E-state index in [1.165, 1.54) is 11.8 Å². The Morgan fingerprint density at radius 2 is 1.96 bits per heavy atom. The smallest absolute Gasteiger partial charge is 0.257 e. The maximum atomic E-state index is 12.3. The van der Waals surface area contributed by atoms with Crippen LogP contribution in [-0.2, 0) is 14.3 Å². The molecule has 24 heavy (non-hydrogen) atoms. The molecule has 0 bridgehead atoms. The molecule has 7 heteroatoms. The Morgan fingerprint density at radius 1 is 1.25 bits per heavy atom. The van der Waals surface area contributed by atoms with Crippen LogP contribution < -0.4 is 0 Å². The van der Waals surface area contributed by atoms with Gasteiger partial charge in [-0.15, -0.1) is 0 Å². The number of nitrogens with zero attached hydrogens (tertiary/aromatic N) is 2. The van der Waals surface area contributed by atoms with Gasteiger partial charge in [-0.3, -0.25) is 4.79 Å². The minimum atomic E-state index is -0.515. The van der Waals surface area contributed by atoms with Gasteiger partial charge in [-0.1, -0.05) is 23.9 Å². The van der Waals surface area contributed by atoms with Crippen LogP contribution >= 0.6 is 11.8 Å². The van der Waals surface area contributed by atoms with Crippen molar-refractivity contribution in [3.05, 3.63) is 24.3 Å². The number of carbonyl (C=O) groups is 1. The van der Waals surface area contributed by atoms with Crippen LogP contribution in [0.2, 0.25) is 0 Å². The van der Waals surface area contributed by atoms with Gasteiger partial charge < -0.3 is 18.8 Å². The lowest BCUT2D eigenvalue weighted by molar-refractivity contribution is -0.302. The Hall–Kier alpha value is -1.57. The molecule has 2 saturated heterocycles. The summed E-state index contributed by atoms with van der Waals surface area (Å²) in [6, 6.07) is 7.59. The third kappa shape index (κ3) is 3.03. The average Bonchev–Trinajstić information content (AvgIpc) is 2.94. The molecule has 128 valence electrons. The summed E-state index contributed by atoms with van der Waals surface area (Å²) in [6.45, 7) is 6.49. The van der Waals surface area contributed by atoms with Crippen molar-refractivity contribution in [2.75, 3.05) is 32.1 Å². The van der Waals surface area contributed by atoms with E-state index in [1.54, 1.807) is 0 Å². The zero-order valence-corrected chi connectivity index (χ0v) is 14.6. The van der Waals surface area contributed by atoms with Gasteiger partial charge in [0.1, 0.15) is 5.52 Å². The Balaban J connectivity index is 1.29. The molecule has 0 N–H and O–H groups in total. The van der Waals surface area contributed by atoms with E-state index in [4.69, 9.17) is 13.9 Å². The quantitative estimate of drug-likeness (QED) is 0.794. The van der Waals surface area contributed by atoms with Crippen molar-refractivity contribution in [3.8, 4) is 0 Å². The molecule has 6 nitrogen and oxygen atoms in total. The molecule has 1 spiro atoms. The van der Waals surface area contributed by atoms with Crippen LogP contribution in [0.25, 0.3) is 11.1 Å². The number of thioether (sulfide) groups is 1. The van der Waals surface area contributed by atoms with Crippen molar-refractivity contribution in [2.24, 2.45) is 5.41 Å². The van der Waals surface area contributed by atoms with Crippen LogP contribution in [0.1, 0.15) is 13.8 Å². The number of para-hydroxylation sites is 2. The molecule has 0 radical (unpaired) electrons. The Morgan fingerprint density at radius 3 is 2.67 bits per heavy atom. The SMILES string of the molecule is CC1(C)OCC2(CO1)CN(C(=O)CSc1nc3ccccc3o1)C2. The summed E-state index contributed by atoms with van der Waals surface area (Å²) in [6.07, 6.45) is 0. The lowest BCUT2D eigenvalue weighted by Crippen LogP contribution is -2.66. The van der Waals surface area contributed by atoms with Gasteiger partial charge in [0, 0.05) is 13.1 Å². The Kier molecular flexibility index (Phi) is 3.82. The standard InChI is InChI=1S/C17H20N2O4S/c1-16(2)21-10-17(11-22-16)8-19(9-17)14(20)7-24-15-18-12-5-3-4-6-13(12)23-15/h3-6H,7-11H2,1-2H3. The summed E-state index contributed by atoms with van der Waals surface area (Å²) in [4.78, 5) is 18.5. The summed E-state index contributed by atoms with van der Waals surface area (Å²) < 4.78 is 17.1. The molecule has 2 fully saturated rings. The van der Waals surface area contributed by atoms with Crippen molar-refractivity contribution < 1.29 is 18.7 Å². The third-order valence-electron chi connectivity index (χ3n) is 4.45. The highest BCUT2D eigenvalue weighted by Gasteiger charge is 2.49. The van der Waals surface area contributed by atoms with Crippen LogP contribution in [-0.4, -0.2) is 53.6 Å². The van der Waals surface area contributed by atoms with Gasteiger partial charge in [0.05, 0.1) is 24.4 Å². The molecular formula is C17H20N2O4S. The Bertz CT molecular complexity index is 722. The van der Waals surface area contributed by atoms with Gasteiger partial charge in [0.2, 0.25) is 5.91 Å². The second-order valence-corrected chi connectivity index (χ2v) is 7.89. The normalized spacial score (nSPS) is 21.8. The molecule has 0 aliphatic carbocycles.